The molecule has 1 aromatic carbocycles. The van der Waals surface area contributed by atoms with Gasteiger partial charge in [-0.3, -0.25) is 28.5 Å². The number of nitriles is 2. The number of methoxy groups -OCH3 is 1. The predicted molar refractivity (Wildman–Crippen MR) is 147 cm³/mol. The zero-order valence-corrected chi connectivity index (χ0v) is 24.6. The fourth-order valence-electron chi connectivity index (χ4n) is 4.59. The number of carbonyl (C=O) groups is 4. The van der Waals surface area contributed by atoms with Crippen LogP contribution in [-0.2, 0) is 42.9 Å². The van der Waals surface area contributed by atoms with Gasteiger partial charge in [0.15, 0.2) is 24.5 Å². The van der Waals surface area contributed by atoms with Crippen molar-refractivity contribution in [2.75, 3.05) is 13.7 Å². The molecule has 1 aliphatic rings. The van der Waals surface area contributed by atoms with Gasteiger partial charge in [0.1, 0.15) is 36.2 Å². The predicted octanol–water partition coefficient (Wildman–Crippen LogP) is 1.81. The van der Waals surface area contributed by atoms with E-state index in [0.717, 1.165) is 32.3 Å². The van der Waals surface area contributed by atoms with Crippen LogP contribution in [0.4, 0.5) is 0 Å². The minimum atomic E-state index is -1.72. The maximum Gasteiger partial charge on any atom is 0.303 e. The van der Waals surface area contributed by atoms with Crippen LogP contribution >= 0.6 is 12.6 Å². The summed E-state index contributed by atoms with van der Waals surface area (Å²) in [5.41, 5.74) is -1.39. The third-order valence-corrected chi connectivity index (χ3v) is 6.65. The largest absolute Gasteiger partial charge is 0.497 e. The molecule has 1 fully saturated rings. The van der Waals surface area contributed by atoms with Gasteiger partial charge in [0.05, 0.1) is 17.7 Å². The lowest BCUT2D eigenvalue weighted by molar-refractivity contribution is -0.270. The normalized spacial score (nSPS) is 21.0. The second-order valence-corrected chi connectivity index (χ2v) is 9.59. The molecule has 1 saturated heterocycles. The van der Waals surface area contributed by atoms with Gasteiger partial charge < -0.3 is 28.4 Å². The molecule has 0 radical (unpaired) electrons. The van der Waals surface area contributed by atoms with E-state index in [1.165, 1.54) is 7.11 Å². The molecule has 0 N–H and O–H groups in total. The summed E-state index contributed by atoms with van der Waals surface area (Å²) in [5.74, 6) is -2.87. The fourth-order valence-corrected chi connectivity index (χ4v) is 4.95. The van der Waals surface area contributed by atoms with Crippen molar-refractivity contribution in [1.29, 1.82) is 10.5 Å². The first-order valence-electron chi connectivity index (χ1n) is 12.6. The lowest BCUT2D eigenvalue weighted by atomic mass is 9.95. The lowest BCUT2D eigenvalue weighted by Gasteiger charge is -2.45. The Bertz CT molecular complexity index is 1570. The summed E-state index contributed by atoms with van der Waals surface area (Å²) in [6, 6.07) is 10.00. The highest BCUT2D eigenvalue weighted by molar-refractivity contribution is 7.80. The van der Waals surface area contributed by atoms with Crippen LogP contribution in [0.1, 0.15) is 45.0 Å². The average molecular weight is 614 g/mol. The van der Waals surface area contributed by atoms with Gasteiger partial charge in [-0.2, -0.15) is 10.5 Å². The number of pyridine rings is 1. The summed E-state index contributed by atoms with van der Waals surface area (Å²) >= 11 is 4.45. The number of aromatic nitrogens is 1. The Kier molecular flexibility index (Phi) is 10.5. The molecule has 2 heterocycles. The molecule has 0 spiro atoms. The van der Waals surface area contributed by atoms with Crippen molar-refractivity contribution >= 4 is 36.5 Å². The van der Waals surface area contributed by atoms with Crippen LogP contribution in [0.2, 0.25) is 0 Å². The number of hydrogen-bond acceptors (Lipinski definition) is 14. The highest BCUT2D eigenvalue weighted by atomic mass is 32.1. The highest BCUT2D eigenvalue weighted by Gasteiger charge is 2.53. The zero-order chi connectivity index (χ0) is 32.0. The Labute approximate surface area is 251 Å². The first kappa shape index (κ1) is 32.7. The lowest BCUT2D eigenvalue weighted by Crippen LogP contribution is -2.61. The van der Waals surface area contributed by atoms with Crippen LogP contribution in [0.5, 0.6) is 5.75 Å². The molecule has 2 aromatic rings. The first-order valence-corrected chi connectivity index (χ1v) is 13.1. The monoisotopic (exact) mass is 613 g/mol. The maximum absolute atomic E-state index is 14.0. The Balaban J connectivity index is 2.35. The first-order chi connectivity index (χ1) is 20.3. The molecule has 14 nitrogen and oxygen atoms in total. The second kappa shape index (κ2) is 13.9. The smallest absolute Gasteiger partial charge is 0.303 e. The van der Waals surface area contributed by atoms with Crippen LogP contribution in [0.3, 0.4) is 0 Å². The van der Waals surface area contributed by atoms with E-state index in [1.807, 2.05) is 12.1 Å². The molecule has 0 bridgehead atoms. The highest BCUT2D eigenvalue weighted by Crippen LogP contribution is 2.38. The van der Waals surface area contributed by atoms with E-state index < -0.39 is 72.3 Å². The molecule has 0 aliphatic carbocycles. The minimum absolute atomic E-state index is 0.0236. The van der Waals surface area contributed by atoms with Gasteiger partial charge in [-0.15, -0.1) is 12.6 Å². The molecule has 0 unspecified atom stereocenters. The Morgan fingerprint density at radius 2 is 1.40 bits per heavy atom. The summed E-state index contributed by atoms with van der Waals surface area (Å²) in [6.45, 7) is 3.70. The Morgan fingerprint density at radius 3 is 1.88 bits per heavy atom. The molecule has 3 rings (SSSR count). The quantitative estimate of drug-likeness (QED) is 0.258. The van der Waals surface area contributed by atoms with Crippen molar-refractivity contribution in [2.45, 2.75) is 63.4 Å². The molecule has 0 amide bonds. The Hall–Kier alpha value is -4.86. The molecular formula is C28H27N3O11S. The molecule has 43 heavy (non-hydrogen) atoms. The van der Waals surface area contributed by atoms with Gasteiger partial charge in [0, 0.05) is 33.3 Å². The van der Waals surface area contributed by atoms with E-state index in [1.54, 1.807) is 24.3 Å². The van der Waals surface area contributed by atoms with Crippen LogP contribution in [0.15, 0.2) is 34.1 Å². The van der Waals surface area contributed by atoms with E-state index in [2.05, 4.69) is 12.6 Å². The van der Waals surface area contributed by atoms with Gasteiger partial charge in [0.25, 0.3) is 5.56 Å². The van der Waals surface area contributed by atoms with Crippen molar-refractivity contribution in [3.8, 4) is 29.0 Å². The number of carbonyl (C=O) groups excluding carboxylic acids is 4. The second-order valence-electron chi connectivity index (χ2n) is 9.17. The minimum Gasteiger partial charge on any atom is -0.497 e. The van der Waals surface area contributed by atoms with E-state index in [-0.39, 0.29) is 16.2 Å². The number of benzene rings is 1. The van der Waals surface area contributed by atoms with Crippen molar-refractivity contribution in [3.05, 3.63) is 45.7 Å². The zero-order valence-electron chi connectivity index (χ0n) is 23.7. The van der Waals surface area contributed by atoms with E-state index in [4.69, 9.17) is 28.4 Å². The van der Waals surface area contributed by atoms with Gasteiger partial charge in [0.2, 0.25) is 0 Å². The maximum atomic E-state index is 14.0. The summed E-state index contributed by atoms with van der Waals surface area (Å²) in [7, 11) is 1.46. The van der Waals surface area contributed by atoms with E-state index in [9.17, 15) is 34.5 Å². The van der Waals surface area contributed by atoms with Crippen molar-refractivity contribution < 1.29 is 47.6 Å². The molecule has 1 aliphatic heterocycles. The number of ether oxygens (including phenoxy) is 6. The molecule has 1 aromatic heterocycles. The molecule has 15 heteroatoms. The number of hydrogen-bond donors (Lipinski definition) is 1. The topological polar surface area (TPSA) is 193 Å². The van der Waals surface area contributed by atoms with Crippen LogP contribution in [0.25, 0.3) is 11.1 Å². The number of thiol groups is 1. The third kappa shape index (κ3) is 7.14. The van der Waals surface area contributed by atoms with E-state index in [0.29, 0.717) is 11.3 Å². The van der Waals surface area contributed by atoms with Crippen LogP contribution < -0.4 is 10.3 Å². The van der Waals surface area contributed by atoms with Crippen LogP contribution in [0, 0.1) is 22.7 Å². The van der Waals surface area contributed by atoms with Gasteiger partial charge in [-0.1, -0.05) is 12.1 Å². The molecular weight excluding hydrogens is 586 g/mol. The van der Waals surface area contributed by atoms with Gasteiger partial charge in [-0.25, -0.2) is 0 Å². The van der Waals surface area contributed by atoms with Crippen molar-refractivity contribution in [1.82, 2.24) is 4.57 Å². The molecule has 5 atom stereocenters. The van der Waals surface area contributed by atoms with Gasteiger partial charge in [-0.05, 0) is 17.7 Å². The van der Waals surface area contributed by atoms with Crippen LogP contribution in [-0.4, -0.2) is 66.6 Å². The number of nitrogens with zero attached hydrogens (tertiary/aromatic N) is 3. The fraction of sp³-hybridized carbons (Fsp3) is 0.393. The summed E-state index contributed by atoms with van der Waals surface area (Å²) in [6.07, 6.45) is -7.85. The van der Waals surface area contributed by atoms with Crippen molar-refractivity contribution in [2.24, 2.45) is 0 Å². The van der Waals surface area contributed by atoms with Gasteiger partial charge >= 0.3 is 23.9 Å². The summed E-state index contributed by atoms with van der Waals surface area (Å²) in [5, 5.41) is 19.9. The third-order valence-electron chi connectivity index (χ3n) is 6.21. The number of esters is 4. The SMILES string of the molecule is COc1ccc(-c2c(C#N)c(S)n([C@@H]3O[C@H](COC(C)=O)[C@@H](OC(C)=O)[C@H](OC(C)=O)[C@@H]3OC(C)=O)c(=O)c2C#N)cc1. The number of rotatable bonds is 8. The summed E-state index contributed by atoms with van der Waals surface area (Å²) in [4.78, 5) is 62.0. The Morgan fingerprint density at radius 1 is 0.860 bits per heavy atom. The molecule has 0 saturated carbocycles. The van der Waals surface area contributed by atoms with Crippen molar-refractivity contribution in [3.63, 3.8) is 0 Å². The standard InChI is InChI=1S/C28H27N3O11S/c1-13(32)38-12-21-23(39-14(2)33)24(40-15(3)34)25(41-16(4)35)27(42-21)31-26(36)19(10-29)22(20(11-30)28(31)43)17-6-8-18(37-5)9-7-17/h6-9,21,23-25,27,43H,12H2,1-5H3/t21-,23-,24+,25+,27-/m1/s1. The summed E-state index contributed by atoms with van der Waals surface area (Å²) < 4.78 is 33.3. The molecule has 226 valence electrons. The van der Waals surface area contributed by atoms with E-state index >= 15 is 0 Å². The average Bonchev–Trinajstić information content (AvgIpc) is 2.94.